The predicted molar refractivity (Wildman–Crippen MR) is 79.8 cm³/mol. The molecule has 3 aromatic rings. The minimum Gasteiger partial charge on any atom is -0.304 e. The molecule has 0 spiro atoms. The van der Waals surface area contributed by atoms with Crippen molar-refractivity contribution in [3.63, 3.8) is 0 Å². The number of H-pyrrole nitrogens is 1. The summed E-state index contributed by atoms with van der Waals surface area (Å²) in [5.74, 6) is 0.989. The molecule has 1 N–H and O–H groups in total. The second-order valence-corrected chi connectivity index (χ2v) is 4.93. The summed E-state index contributed by atoms with van der Waals surface area (Å²) in [5, 5.41) is 9.69. The van der Waals surface area contributed by atoms with Crippen LogP contribution in [0.15, 0.2) is 42.5 Å². The number of hydrogen-bond donors (Lipinski definition) is 1. The first-order valence-corrected chi connectivity index (χ1v) is 6.80. The van der Waals surface area contributed by atoms with E-state index in [0.29, 0.717) is 4.77 Å². The summed E-state index contributed by atoms with van der Waals surface area (Å²) in [6, 6.07) is 14.9. The van der Waals surface area contributed by atoms with Crippen LogP contribution in [0.2, 0.25) is 0 Å². The molecule has 4 heteroatoms. The number of benzene rings is 2. The van der Waals surface area contributed by atoms with E-state index >= 15 is 0 Å². The van der Waals surface area contributed by atoms with E-state index < -0.39 is 0 Å². The molecule has 2 aromatic carbocycles. The molecule has 0 aliphatic rings. The largest absolute Gasteiger partial charge is 0.304 e. The van der Waals surface area contributed by atoms with Gasteiger partial charge in [0.1, 0.15) is 5.82 Å². The quantitative estimate of drug-likeness (QED) is 0.735. The normalized spacial score (nSPS) is 11.0. The molecule has 0 saturated carbocycles. The molecule has 1 heterocycles. The van der Waals surface area contributed by atoms with Crippen LogP contribution < -0.4 is 0 Å². The van der Waals surface area contributed by atoms with Gasteiger partial charge in [0.05, 0.1) is 0 Å². The Labute approximate surface area is 116 Å². The van der Waals surface area contributed by atoms with Crippen LogP contribution in [-0.4, -0.2) is 14.8 Å². The average Bonchev–Trinajstić information content (AvgIpc) is 2.79. The Hall–Kier alpha value is -1.94. The van der Waals surface area contributed by atoms with Crippen LogP contribution in [0.1, 0.15) is 18.3 Å². The summed E-state index contributed by atoms with van der Waals surface area (Å²) in [6.07, 6.45) is 0.797. The average molecular weight is 269 g/mol. The maximum absolute atomic E-state index is 5.21. The molecule has 0 amide bonds. The minimum atomic E-state index is 0.693. The van der Waals surface area contributed by atoms with E-state index in [1.165, 1.54) is 16.3 Å². The Bertz CT molecular complexity index is 770. The summed E-state index contributed by atoms with van der Waals surface area (Å²) in [6.45, 7) is 2.92. The Morgan fingerprint density at radius 3 is 2.74 bits per heavy atom. The molecule has 3 rings (SSSR count). The summed E-state index contributed by atoms with van der Waals surface area (Å²) < 4.78 is 2.73. The van der Waals surface area contributed by atoms with Crippen LogP contribution in [-0.2, 0) is 13.0 Å². The van der Waals surface area contributed by atoms with E-state index in [2.05, 4.69) is 59.6 Å². The molecule has 0 unspecified atom stereocenters. The van der Waals surface area contributed by atoms with Gasteiger partial charge in [-0.05, 0) is 35.5 Å². The fourth-order valence-corrected chi connectivity index (χ4v) is 2.62. The number of hydrogen-bond acceptors (Lipinski definition) is 2. The SMILES string of the molecule is CCn1c(Cc2ccc3ccccc3c2)n[nH]c1=S. The third kappa shape index (κ3) is 2.31. The zero-order valence-electron chi connectivity index (χ0n) is 10.8. The lowest BCUT2D eigenvalue weighted by molar-refractivity contribution is 0.704. The number of rotatable bonds is 3. The van der Waals surface area contributed by atoms with Gasteiger partial charge in [-0.25, -0.2) is 0 Å². The molecular weight excluding hydrogens is 254 g/mol. The van der Waals surface area contributed by atoms with Crippen molar-refractivity contribution >= 4 is 23.0 Å². The Balaban J connectivity index is 1.98. The van der Waals surface area contributed by atoms with Gasteiger partial charge in [-0.15, -0.1) is 0 Å². The molecule has 0 saturated heterocycles. The van der Waals surface area contributed by atoms with Crippen molar-refractivity contribution in [1.29, 1.82) is 0 Å². The molecule has 0 fully saturated rings. The van der Waals surface area contributed by atoms with Crippen LogP contribution in [0.5, 0.6) is 0 Å². The lowest BCUT2D eigenvalue weighted by Crippen LogP contribution is -2.02. The maximum Gasteiger partial charge on any atom is 0.195 e. The summed E-state index contributed by atoms with van der Waals surface area (Å²) in [4.78, 5) is 0. The van der Waals surface area contributed by atoms with Gasteiger partial charge in [-0.1, -0.05) is 42.5 Å². The van der Waals surface area contributed by atoms with Crippen LogP contribution in [0.3, 0.4) is 0 Å². The molecule has 0 atom stereocenters. The van der Waals surface area contributed by atoms with Crippen molar-refractivity contribution in [3.8, 4) is 0 Å². The van der Waals surface area contributed by atoms with Crippen LogP contribution >= 0.6 is 12.2 Å². The molecule has 0 aliphatic carbocycles. The molecule has 96 valence electrons. The van der Waals surface area contributed by atoms with Crippen molar-refractivity contribution in [2.45, 2.75) is 19.9 Å². The number of aromatic nitrogens is 3. The van der Waals surface area contributed by atoms with Gasteiger partial charge in [0.25, 0.3) is 0 Å². The Morgan fingerprint density at radius 2 is 1.95 bits per heavy atom. The van der Waals surface area contributed by atoms with Gasteiger partial charge in [-0.2, -0.15) is 5.10 Å². The van der Waals surface area contributed by atoms with E-state index in [9.17, 15) is 0 Å². The first-order chi connectivity index (χ1) is 9.28. The lowest BCUT2D eigenvalue weighted by Gasteiger charge is -2.05. The first-order valence-electron chi connectivity index (χ1n) is 6.39. The van der Waals surface area contributed by atoms with Crippen molar-refractivity contribution in [3.05, 3.63) is 58.6 Å². The molecular formula is C15H15N3S. The standard InChI is InChI=1S/C15H15N3S/c1-2-18-14(16-17-15(18)19)10-11-7-8-12-5-3-4-6-13(12)9-11/h3-9H,2,10H2,1H3,(H,17,19). The second kappa shape index (κ2) is 4.97. The summed E-state index contributed by atoms with van der Waals surface area (Å²) in [5.41, 5.74) is 1.25. The van der Waals surface area contributed by atoms with Crippen LogP contribution in [0.25, 0.3) is 10.8 Å². The highest BCUT2D eigenvalue weighted by molar-refractivity contribution is 7.71. The van der Waals surface area contributed by atoms with E-state index in [1.54, 1.807) is 0 Å². The fourth-order valence-electron chi connectivity index (χ4n) is 2.34. The smallest absolute Gasteiger partial charge is 0.195 e. The maximum atomic E-state index is 5.21. The zero-order valence-corrected chi connectivity index (χ0v) is 11.6. The summed E-state index contributed by atoms with van der Waals surface area (Å²) in [7, 11) is 0. The fraction of sp³-hybridized carbons (Fsp3) is 0.200. The second-order valence-electron chi connectivity index (χ2n) is 4.55. The number of nitrogens with one attached hydrogen (secondary N) is 1. The molecule has 19 heavy (non-hydrogen) atoms. The van der Waals surface area contributed by atoms with Gasteiger partial charge < -0.3 is 4.57 Å². The topological polar surface area (TPSA) is 33.6 Å². The van der Waals surface area contributed by atoms with Crippen LogP contribution in [0.4, 0.5) is 0 Å². The molecule has 0 radical (unpaired) electrons. The number of fused-ring (bicyclic) bond motifs is 1. The van der Waals surface area contributed by atoms with Gasteiger partial charge >= 0.3 is 0 Å². The van der Waals surface area contributed by atoms with Crippen molar-refractivity contribution < 1.29 is 0 Å². The van der Waals surface area contributed by atoms with E-state index in [1.807, 2.05) is 4.57 Å². The highest BCUT2D eigenvalue weighted by atomic mass is 32.1. The van der Waals surface area contributed by atoms with Crippen molar-refractivity contribution in [2.75, 3.05) is 0 Å². The Kier molecular flexibility index (Phi) is 3.17. The molecule has 1 aromatic heterocycles. The summed E-state index contributed by atoms with van der Waals surface area (Å²) >= 11 is 5.21. The highest BCUT2D eigenvalue weighted by Gasteiger charge is 2.06. The monoisotopic (exact) mass is 269 g/mol. The molecule has 0 aliphatic heterocycles. The minimum absolute atomic E-state index is 0.693. The highest BCUT2D eigenvalue weighted by Crippen LogP contribution is 2.17. The van der Waals surface area contributed by atoms with E-state index in [4.69, 9.17) is 12.2 Å². The van der Waals surface area contributed by atoms with Crippen molar-refractivity contribution in [1.82, 2.24) is 14.8 Å². The number of aromatic amines is 1. The van der Waals surface area contributed by atoms with Gasteiger partial charge in [0.15, 0.2) is 4.77 Å². The Morgan fingerprint density at radius 1 is 1.16 bits per heavy atom. The van der Waals surface area contributed by atoms with Gasteiger partial charge in [0.2, 0.25) is 0 Å². The van der Waals surface area contributed by atoms with Gasteiger partial charge in [-0.3, -0.25) is 5.10 Å². The molecule has 0 bridgehead atoms. The number of nitrogens with zero attached hydrogens (tertiary/aromatic N) is 2. The van der Waals surface area contributed by atoms with Crippen LogP contribution in [0, 0.1) is 4.77 Å². The van der Waals surface area contributed by atoms with E-state index in [-0.39, 0.29) is 0 Å². The third-order valence-corrected chi connectivity index (χ3v) is 3.64. The predicted octanol–water partition coefficient (Wildman–Crippen LogP) is 3.70. The molecule has 3 nitrogen and oxygen atoms in total. The third-order valence-electron chi connectivity index (χ3n) is 3.33. The van der Waals surface area contributed by atoms with E-state index in [0.717, 1.165) is 18.8 Å². The lowest BCUT2D eigenvalue weighted by atomic mass is 10.0. The van der Waals surface area contributed by atoms with Crippen molar-refractivity contribution in [2.24, 2.45) is 0 Å². The first kappa shape index (κ1) is 12.1. The van der Waals surface area contributed by atoms with Gasteiger partial charge in [0, 0.05) is 13.0 Å². The zero-order chi connectivity index (χ0) is 13.2.